The number of nitrogens with one attached hydrogen (secondary N) is 1. The van der Waals surface area contributed by atoms with E-state index in [4.69, 9.17) is 21.3 Å². The van der Waals surface area contributed by atoms with Crippen LogP contribution in [0.4, 0.5) is 0 Å². The molecule has 5 rings (SSSR count). The zero-order chi connectivity index (χ0) is 22.4. The molecule has 0 saturated carbocycles. The zero-order valence-corrected chi connectivity index (χ0v) is 18.8. The second-order valence-electron chi connectivity index (χ2n) is 8.10. The summed E-state index contributed by atoms with van der Waals surface area (Å²) < 4.78 is 5.64. The van der Waals surface area contributed by atoms with Gasteiger partial charge in [-0.05, 0) is 43.7 Å². The SMILES string of the molecule is CO[C@H]1C[C@@H](c2nc3c(C)c(Cl)ccc3[nH]2)N(C(=O)c2cc(C)ccc2-n2nccn2)C1. The molecule has 4 aromatic rings. The number of fused-ring (bicyclic) bond motifs is 1. The Balaban J connectivity index is 1.57. The Bertz CT molecular complexity index is 1300. The van der Waals surface area contributed by atoms with Crippen LogP contribution < -0.4 is 0 Å². The van der Waals surface area contributed by atoms with Crippen molar-refractivity contribution >= 4 is 28.5 Å². The highest BCUT2D eigenvalue weighted by atomic mass is 35.5. The monoisotopic (exact) mass is 450 g/mol. The number of aryl methyl sites for hydroxylation is 2. The molecule has 1 amide bonds. The van der Waals surface area contributed by atoms with E-state index in [0.717, 1.165) is 28.0 Å². The van der Waals surface area contributed by atoms with Crippen molar-refractivity contribution in [1.82, 2.24) is 29.9 Å². The van der Waals surface area contributed by atoms with Gasteiger partial charge in [0, 0.05) is 25.1 Å². The highest BCUT2D eigenvalue weighted by molar-refractivity contribution is 6.32. The molecule has 1 saturated heterocycles. The van der Waals surface area contributed by atoms with Crippen LogP contribution >= 0.6 is 11.6 Å². The highest BCUT2D eigenvalue weighted by Crippen LogP contribution is 2.36. The number of imidazole rings is 1. The van der Waals surface area contributed by atoms with Gasteiger partial charge in [0.05, 0.1) is 46.8 Å². The molecule has 1 N–H and O–H groups in total. The van der Waals surface area contributed by atoms with Gasteiger partial charge in [0.15, 0.2) is 0 Å². The predicted molar refractivity (Wildman–Crippen MR) is 121 cm³/mol. The van der Waals surface area contributed by atoms with Gasteiger partial charge in [-0.2, -0.15) is 15.0 Å². The van der Waals surface area contributed by atoms with Gasteiger partial charge in [0.25, 0.3) is 5.91 Å². The molecule has 1 aliphatic heterocycles. The lowest BCUT2D eigenvalue weighted by molar-refractivity contribution is 0.0684. The number of nitrogens with zero attached hydrogens (tertiary/aromatic N) is 5. The van der Waals surface area contributed by atoms with Crippen molar-refractivity contribution < 1.29 is 9.53 Å². The predicted octanol–water partition coefficient (Wildman–Crippen LogP) is 4.02. The number of likely N-dealkylation sites (tertiary alicyclic amines) is 1. The van der Waals surface area contributed by atoms with Crippen LogP contribution in [0.15, 0.2) is 42.7 Å². The summed E-state index contributed by atoms with van der Waals surface area (Å²) in [4.78, 5) is 25.3. The van der Waals surface area contributed by atoms with E-state index >= 15 is 0 Å². The first-order valence-electron chi connectivity index (χ1n) is 10.4. The molecule has 2 aromatic heterocycles. The quantitative estimate of drug-likeness (QED) is 0.507. The molecule has 2 aromatic carbocycles. The van der Waals surface area contributed by atoms with E-state index in [1.165, 1.54) is 4.80 Å². The van der Waals surface area contributed by atoms with Crippen LogP contribution in [0.5, 0.6) is 0 Å². The van der Waals surface area contributed by atoms with Gasteiger partial charge in [0.1, 0.15) is 5.82 Å². The van der Waals surface area contributed by atoms with Gasteiger partial charge in [-0.1, -0.05) is 23.2 Å². The highest BCUT2D eigenvalue weighted by Gasteiger charge is 2.39. The first-order valence-corrected chi connectivity index (χ1v) is 10.8. The van der Waals surface area contributed by atoms with Crippen molar-refractivity contribution in [3.63, 3.8) is 0 Å². The third-order valence-electron chi connectivity index (χ3n) is 6.05. The van der Waals surface area contributed by atoms with Crippen LogP contribution in [-0.4, -0.2) is 55.5 Å². The molecule has 0 bridgehead atoms. The van der Waals surface area contributed by atoms with Gasteiger partial charge in [-0.15, -0.1) is 0 Å². The molecule has 1 aliphatic rings. The Kier molecular flexibility index (Phi) is 5.19. The Morgan fingerprint density at radius 2 is 1.97 bits per heavy atom. The fraction of sp³-hybridized carbons (Fsp3) is 0.304. The normalized spacial score (nSPS) is 18.6. The molecular weight excluding hydrogens is 428 g/mol. The molecule has 164 valence electrons. The average molecular weight is 451 g/mol. The summed E-state index contributed by atoms with van der Waals surface area (Å²) in [6.45, 7) is 4.37. The molecule has 1 fully saturated rings. The van der Waals surface area contributed by atoms with Crippen LogP contribution in [0.3, 0.4) is 0 Å². The summed E-state index contributed by atoms with van der Waals surface area (Å²) in [6.07, 6.45) is 3.75. The summed E-state index contributed by atoms with van der Waals surface area (Å²) >= 11 is 6.29. The zero-order valence-electron chi connectivity index (χ0n) is 18.0. The minimum atomic E-state index is -0.253. The summed E-state index contributed by atoms with van der Waals surface area (Å²) in [7, 11) is 1.67. The fourth-order valence-corrected chi connectivity index (χ4v) is 4.46. The van der Waals surface area contributed by atoms with Gasteiger partial charge in [-0.25, -0.2) is 4.98 Å². The van der Waals surface area contributed by atoms with Crippen LogP contribution in [0.1, 0.15) is 39.8 Å². The Labute approximate surface area is 190 Å². The van der Waals surface area contributed by atoms with E-state index in [0.29, 0.717) is 29.2 Å². The molecule has 0 aliphatic carbocycles. The summed E-state index contributed by atoms with van der Waals surface area (Å²) in [5.74, 6) is 0.616. The number of carbonyl (C=O) groups excluding carboxylic acids is 1. The second-order valence-corrected chi connectivity index (χ2v) is 8.50. The number of carbonyl (C=O) groups is 1. The lowest BCUT2D eigenvalue weighted by Gasteiger charge is -2.24. The smallest absolute Gasteiger partial charge is 0.256 e. The summed E-state index contributed by atoms with van der Waals surface area (Å²) in [5.41, 5.74) is 4.79. The first kappa shape index (κ1) is 20.7. The van der Waals surface area contributed by atoms with Crippen LogP contribution in [-0.2, 0) is 4.74 Å². The largest absolute Gasteiger partial charge is 0.380 e. The number of aromatic amines is 1. The lowest BCUT2D eigenvalue weighted by atomic mass is 10.1. The Morgan fingerprint density at radius 1 is 1.19 bits per heavy atom. The number of ether oxygens (including phenoxy) is 1. The molecule has 9 heteroatoms. The number of hydrogen-bond donors (Lipinski definition) is 1. The molecular formula is C23H23ClN6O2. The van der Waals surface area contributed by atoms with Gasteiger partial charge < -0.3 is 14.6 Å². The summed E-state index contributed by atoms with van der Waals surface area (Å²) in [5, 5.41) is 9.11. The van der Waals surface area contributed by atoms with Gasteiger partial charge >= 0.3 is 0 Å². The van der Waals surface area contributed by atoms with Crippen molar-refractivity contribution in [2.75, 3.05) is 13.7 Å². The fourth-order valence-electron chi connectivity index (χ4n) is 4.31. The van der Waals surface area contributed by atoms with Crippen LogP contribution in [0.2, 0.25) is 5.02 Å². The van der Waals surface area contributed by atoms with Gasteiger partial charge in [0.2, 0.25) is 0 Å². The number of halogens is 1. The van der Waals surface area contributed by atoms with Crippen LogP contribution in [0.25, 0.3) is 16.7 Å². The number of H-pyrrole nitrogens is 1. The van der Waals surface area contributed by atoms with E-state index in [1.807, 2.05) is 49.1 Å². The Morgan fingerprint density at radius 3 is 2.72 bits per heavy atom. The number of aromatic nitrogens is 5. The molecule has 0 spiro atoms. The van der Waals surface area contributed by atoms with Crippen LogP contribution in [0, 0.1) is 13.8 Å². The third-order valence-corrected chi connectivity index (χ3v) is 6.46. The maximum Gasteiger partial charge on any atom is 0.256 e. The van der Waals surface area contributed by atoms with Crippen molar-refractivity contribution in [2.24, 2.45) is 0 Å². The minimum Gasteiger partial charge on any atom is -0.380 e. The number of methoxy groups -OCH3 is 1. The van der Waals surface area contributed by atoms with Crippen molar-refractivity contribution in [3.05, 3.63) is 70.3 Å². The van der Waals surface area contributed by atoms with E-state index in [2.05, 4.69) is 15.2 Å². The minimum absolute atomic E-state index is 0.0852. The number of amides is 1. The molecule has 0 unspecified atom stereocenters. The molecule has 8 nitrogen and oxygen atoms in total. The topological polar surface area (TPSA) is 88.9 Å². The number of hydrogen-bond acceptors (Lipinski definition) is 5. The number of rotatable bonds is 4. The first-order chi connectivity index (χ1) is 15.5. The third kappa shape index (κ3) is 3.45. The Hall–Kier alpha value is -3.23. The van der Waals surface area contributed by atoms with Crippen molar-refractivity contribution in [1.29, 1.82) is 0 Å². The van der Waals surface area contributed by atoms with E-state index in [1.54, 1.807) is 19.5 Å². The summed E-state index contributed by atoms with van der Waals surface area (Å²) in [6, 6.07) is 9.21. The molecule has 3 heterocycles. The van der Waals surface area contributed by atoms with Gasteiger partial charge in [-0.3, -0.25) is 4.79 Å². The van der Waals surface area contributed by atoms with E-state index < -0.39 is 0 Å². The molecule has 32 heavy (non-hydrogen) atoms. The number of benzene rings is 2. The standard InChI is InChI=1S/C23H23ClN6O2/c1-13-4-7-19(30-25-8-9-26-30)16(10-13)23(31)29-12-15(32-3)11-20(29)22-27-18-6-5-17(24)14(2)21(18)28-22/h4-10,15,20H,11-12H2,1-3H3,(H,27,28)/t15-,20-/m0/s1. The van der Waals surface area contributed by atoms with Crippen molar-refractivity contribution in [3.8, 4) is 5.69 Å². The maximum atomic E-state index is 13.8. The molecule has 2 atom stereocenters. The van der Waals surface area contributed by atoms with E-state index in [9.17, 15) is 4.79 Å². The lowest BCUT2D eigenvalue weighted by Crippen LogP contribution is -2.33. The van der Waals surface area contributed by atoms with E-state index in [-0.39, 0.29) is 18.1 Å². The van der Waals surface area contributed by atoms with Crippen molar-refractivity contribution in [2.45, 2.75) is 32.4 Å². The molecule has 0 radical (unpaired) electrons. The maximum absolute atomic E-state index is 13.8. The second kappa shape index (κ2) is 8.03. The average Bonchev–Trinajstić information content (AvgIpc) is 3.55.